The lowest BCUT2D eigenvalue weighted by Crippen LogP contribution is -2.19. The van der Waals surface area contributed by atoms with E-state index >= 15 is 0 Å². The first-order valence-corrected chi connectivity index (χ1v) is 8.32. The summed E-state index contributed by atoms with van der Waals surface area (Å²) in [6.07, 6.45) is 0.272. The van der Waals surface area contributed by atoms with Gasteiger partial charge in [-0.1, -0.05) is 35.6 Å². The molecule has 23 heavy (non-hydrogen) atoms. The van der Waals surface area contributed by atoms with Gasteiger partial charge in [-0.05, 0) is 43.2 Å². The Hall–Kier alpha value is -2.40. The highest BCUT2D eigenvalue weighted by Gasteiger charge is 2.10. The summed E-state index contributed by atoms with van der Waals surface area (Å²) in [6, 6.07) is 13.6. The van der Waals surface area contributed by atoms with Gasteiger partial charge in [-0.3, -0.25) is 14.2 Å². The van der Waals surface area contributed by atoms with E-state index in [9.17, 15) is 9.59 Å². The number of amides is 1. The number of aryl methyl sites for hydroxylation is 3. The minimum atomic E-state index is -0.0825. The first kappa shape index (κ1) is 15.5. The second-order valence-corrected chi connectivity index (χ2v) is 6.60. The maximum Gasteiger partial charge on any atom is 0.308 e. The van der Waals surface area contributed by atoms with Crippen molar-refractivity contribution in [2.45, 2.75) is 26.8 Å². The van der Waals surface area contributed by atoms with Crippen molar-refractivity contribution in [1.82, 2.24) is 4.57 Å². The molecule has 0 aliphatic carbocycles. The summed E-state index contributed by atoms with van der Waals surface area (Å²) in [4.78, 5) is 24.2. The second-order valence-electron chi connectivity index (χ2n) is 5.60. The average molecular weight is 326 g/mol. The highest BCUT2D eigenvalue weighted by molar-refractivity contribution is 7.16. The Balaban J connectivity index is 1.72. The molecule has 5 heteroatoms. The summed E-state index contributed by atoms with van der Waals surface area (Å²) in [7, 11) is 0. The highest BCUT2D eigenvalue weighted by Crippen LogP contribution is 2.18. The van der Waals surface area contributed by atoms with Crippen LogP contribution in [0.25, 0.3) is 10.2 Å². The Morgan fingerprint density at radius 3 is 2.78 bits per heavy atom. The van der Waals surface area contributed by atoms with Crippen LogP contribution in [0.2, 0.25) is 0 Å². The second kappa shape index (κ2) is 6.38. The minimum absolute atomic E-state index is 0.0225. The lowest BCUT2D eigenvalue weighted by atomic mass is 10.1. The van der Waals surface area contributed by atoms with Gasteiger partial charge in [-0.15, -0.1) is 0 Å². The van der Waals surface area contributed by atoms with Gasteiger partial charge in [0, 0.05) is 18.7 Å². The number of anilines is 1. The number of para-hydroxylation sites is 1. The fraction of sp³-hybridized carbons (Fsp3) is 0.222. The molecule has 1 aromatic heterocycles. The van der Waals surface area contributed by atoms with Crippen LogP contribution in [0.5, 0.6) is 0 Å². The molecule has 0 spiro atoms. The summed E-state index contributed by atoms with van der Waals surface area (Å²) in [5.74, 6) is -0.0825. The van der Waals surface area contributed by atoms with E-state index in [-0.39, 0.29) is 17.2 Å². The van der Waals surface area contributed by atoms with Gasteiger partial charge >= 0.3 is 4.87 Å². The number of carbonyl (C=O) groups is 1. The Morgan fingerprint density at radius 1 is 1.17 bits per heavy atom. The van der Waals surface area contributed by atoms with E-state index in [0.29, 0.717) is 6.54 Å². The molecule has 0 aliphatic rings. The monoisotopic (exact) mass is 326 g/mol. The van der Waals surface area contributed by atoms with E-state index in [1.54, 1.807) is 4.57 Å². The summed E-state index contributed by atoms with van der Waals surface area (Å²) in [5.41, 5.74) is 3.85. The van der Waals surface area contributed by atoms with Crippen molar-refractivity contribution in [3.63, 3.8) is 0 Å². The molecule has 1 amide bonds. The third-order valence-corrected chi connectivity index (χ3v) is 4.76. The molecule has 0 bridgehead atoms. The van der Waals surface area contributed by atoms with Gasteiger partial charge < -0.3 is 5.32 Å². The molecule has 0 unspecified atom stereocenters. The number of thiazole rings is 1. The summed E-state index contributed by atoms with van der Waals surface area (Å²) in [6.45, 7) is 4.34. The van der Waals surface area contributed by atoms with Crippen molar-refractivity contribution in [1.29, 1.82) is 0 Å². The summed E-state index contributed by atoms with van der Waals surface area (Å²) >= 11 is 1.21. The Labute approximate surface area is 138 Å². The molecule has 0 saturated heterocycles. The molecule has 3 rings (SSSR count). The molecule has 0 saturated carbocycles. The molecular weight excluding hydrogens is 308 g/mol. The number of hydrogen-bond donors (Lipinski definition) is 1. The lowest BCUT2D eigenvalue weighted by Gasteiger charge is -2.09. The van der Waals surface area contributed by atoms with E-state index in [0.717, 1.165) is 27.0 Å². The maximum atomic E-state index is 12.2. The van der Waals surface area contributed by atoms with Crippen LogP contribution in [-0.2, 0) is 11.3 Å². The van der Waals surface area contributed by atoms with Crippen LogP contribution in [0.15, 0.2) is 47.3 Å². The van der Waals surface area contributed by atoms with E-state index in [4.69, 9.17) is 0 Å². The smallest absolute Gasteiger partial charge is 0.308 e. The van der Waals surface area contributed by atoms with Crippen molar-refractivity contribution in [2.24, 2.45) is 0 Å². The molecule has 2 aromatic carbocycles. The third kappa shape index (κ3) is 3.35. The number of nitrogens with one attached hydrogen (secondary N) is 1. The molecule has 1 heterocycles. The Morgan fingerprint density at radius 2 is 1.96 bits per heavy atom. The van der Waals surface area contributed by atoms with Crippen molar-refractivity contribution in [2.75, 3.05) is 5.32 Å². The van der Waals surface area contributed by atoms with Crippen molar-refractivity contribution >= 4 is 33.1 Å². The average Bonchev–Trinajstić information content (AvgIpc) is 2.84. The van der Waals surface area contributed by atoms with Gasteiger partial charge in [0.2, 0.25) is 5.91 Å². The fourth-order valence-corrected chi connectivity index (χ4v) is 3.44. The topological polar surface area (TPSA) is 51.1 Å². The van der Waals surface area contributed by atoms with Crippen LogP contribution in [0.1, 0.15) is 17.5 Å². The van der Waals surface area contributed by atoms with E-state index in [1.807, 2.05) is 56.3 Å². The van der Waals surface area contributed by atoms with Gasteiger partial charge in [-0.2, -0.15) is 0 Å². The minimum Gasteiger partial charge on any atom is -0.326 e. The van der Waals surface area contributed by atoms with Crippen LogP contribution < -0.4 is 10.2 Å². The van der Waals surface area contributed by atoms with Crippen molar-refractivity contribution in [3.8, 4) is 0 Å². The zero-order valence-corrected chi connectivity index (χ0v) is 13.9. The van der Waals surface area contributed by atoms with Crippen LogP contribution in [0.4, 0.5) is 5.69 Å². The zero-order valence-electron chi connectivity index (χ0n) is 13.1. The number of fused-ring (bicyclic) bond motifs is 1. The summed E-state index contributed by atoms with van der Waals surface area (Å²) < 4.78 is 2.62. The van der Waals surface area contributed by atoms with Crippen LogP contribution in [0, 0.1) is 13.8 Å². The molecule has 118 valence electrons. The van der Waals surface area contributed by atoms with Crippen molar-refractivity contribution < 1.29 is 4.79 Å². The van der Waals surface area contributed by atoms with Crippen LogP contribution in [-0.4, -0.2) is 10.5 Å². The number of carbonyl (C=O) groups excluding carboxylic acids is 1. The fourth-order valence-electron chi connectivity index (χ4n) is 2.52. The largest absolute Gasteiger partial charge is 0.326 e. The quantitative estimate of drug-likeness (QED) is 0.794. The highest BCUT2D eigenvalue weighted by atomic mass is 32.1. The van der Waals surface area contributed by atoms with Crippen LogP contribution in [0.3, 0.4) is 0 Å². The van der Waals surface area contributed by atoms with E-state index in [2.05, 4.69) is 5.32 Å². The van der Waals surface area contributed by atoms with Gasteiger partial charge in [0.1, 0.15) is 0 Å². The van der Waals surface area contributed by atoms with Gasteiger partial charge in [0.25, 0.3) is 0 Å². The van der Waals surface area contributed by atoms with Crippen molar-refractivity contribution in [3.05, 3.63) is 63.3 Å². The standard InChI is InChI=1S/C18H18N2O2S/c1-12-7-8-13(2)14(11-12)19-17(21)9-10-20-15-5-3-4-6-16(15)23-18(20)22/h3-8,11H,9-10H2,1-2H3,(H,19,21). The molecule has 3 aromatic rings. The molecule has 0 fully saturated rings. The number of benzene rings is 2. The van der Waals surface area contributed by atoms with E-state index in [1.165, 1.54) is 11.3 Å². The molecule has 4 nitrogen and oxygen atoms in total. The normalized spacial score (nSPS) is 10.9. The number of rotatable bonds is 4. The predicted octanol–water partition coefficient (Wildman–Crippen LogP) is 3.71. The number of hydrogen-bond acceptors (Lipinski definition) is 3. The first-order valence-electron chi connectivity index (χ1n) is 7.50. The molecular formula is C18H18N2O2S. The number of nitrogens with zero attached hydrogens (tertiary/aromatic N) is 1. The Bertz CT molecular complexity index is 924. The summed E-state index contributed by atoms with van der Waals surface area (Å²) in [5, 5.41) is 2.93. The first-order chi connectivity index (χ1) is 11.0. The third-order valence-electron chi connectivity index (χ3n) is 3.80. The van der Waals surface area contributed by atoms with Gasteiger partial charge in [-0.25, -0.2) is 0 Å². The van der Waals surface area contributed by atoms with E-state index < -0.39 is 0 Å². The van der Waals surface area contributed by atoms with Gasteiger partial charge in [0.05, 0.1) is 10.2 Å². The van der Waals surface area contributed by atoms with Crippen LogP contribution >= 0.6 is 11.3 Å². The number of aromatic nitrogens is 1. The maximum absolute atomic E-state index is 12.2. The lowest BCUT2D eigenvalue weighted by molar-refractivity contribution is -0.116. The predicted molar refractivity (Wildman–Crippen MR) is 95.2 cm³/mol. The zero-order chi connectivity index (χ0) is 16.4. The molecule has 0 aliphatic heterocycles. The van der Waals surface area contributed by atoms with Gasteiger partial charge in [0.15, 0.2) is 0 Å². The molecule has 1 N–H and O–H groups in total. The Kier molecular flexibility index (Phi) is 4.30. The molecule has 0 atom stereocenters. The molecule has 0 radical (unpaired) electrons. The SMILES string of the molecule is Cc1ccc(C)c(NC(=O)CCn2c(=O)sc3ccccc32)c1.